The molecule has 0 saturated heterocycles. The SMILES string of the molecule is Cc1ccccc1[C@H](C)NCc1ccc(C2CC2C)o1. The van der Waals surface area contributed by atoms with E-state index in [4.69, 9.17) is 4.42 Å². The first kappa shape index (κ1) is 13.4. The largest absolute Gasteiger partial charge is 0.464 e. The molecule has 2 nitrogen and oxygen atoms in total. The highest BCUT2D eigenvalue weighted by Crippen LogP contribution is 2.47. The Hall–Kier alpha value is -1.54. The van der Waals surface area contributed by atoms with E-state index in [-0.39, 0.29) is 0 Å². The molecule has 0 amide bonds. The summed E-state index contributed by atoms with van der Waals surface area (Å²) >= 11 is 0. The fourth-order valence-electron chi connectivity index (χ4n) is 2.84. The molecule has 0 radical (unpaired) electrons. The van der Waals surface area contributed by atoms with Gasteiger partial charge in [-0.25, -0.2) is 0 Å². The van der Waals surface area contributed by atoms with Crippen molar-refractivity contribution in [3.05, 3.63) is 59.0 Å². The van der Waals surface area contributed by atoms with Crippen molar-refractivity contribution >= 4 is 0 Å². The first-order chi connectivity index (χ1) is 9.65. The van der Waals surface area contributed by atoms with Crippen LogP contribution in [-0.4, -0.2) is 0 Å². The Labute approximate surface area is 121 Å². The van der Waals surface area contributed by atoms with Crippen molar-refractivity contribution in [3.63, 3.8) is 0 Å². The molecule has 20 heavy (non-hydrogen) atoms. The summed E-state index contributed by atoms with van der Waals surface area (Å²) in [5.41, 5.74) is 2.69. The maximum absolute atomic E-state index is 5.93. The summed E-state index contributed by atoms with van der Waals surface area (Å²) in [6.45, 7) is 7.43. The molecule has 1 saturated carbocycles. The van der Waals surface area contributed by atoms with Crippen molar-refractivity contribution < 1.29 is 4.42 Å². The van der Waals surface area contributed by atoms with Gasteiger partial charge in [-0.3, -0.25) is 0 Å². The van der Waals surface area contributed by atoms with Gasteiger partial charge in [-0.05, 0) is 49.4 Å². The Morgan fingerprint density at radius 2 is 2.00 bits per heavy atom. The minimum Gasteiger partial charge on any atom is -0.464 e. The van der Waals surface area contributed by atoms with E-state index in [0.29, 0.717) is 12.0 Å². The van der Waals surface area contributed by atoms with Crippen molar-refractivity contribution in [3.8, 4) is 0 Å². The molecule has 1 heterocycles. The molecule has 3 atom stereocenters. The monoisotopic (exact) mass is 269 g/mol. The molecule has 1 aromatic heterocycles. The van der Waals surface area contributed by atoms with Gasteiger partial charge in [0.05, 0.1) is 6.54 Å². The molecule has 1 aliphatic rings. The number of rotatable bonds is 5. The highest BCUT2D eigenvalue weighted by Gasteiger charge is 2.36. The molecule has 1 N–H and O–H groups in total. The molecule has 0 aliphatic heterocycles. The van der Waals surface area contributed by atoms with Crippen molar-refractivity contribution in [2.75, 3.05) is 0 Å². The number of nitrogens with one attached hydrogen (secondary N) is 1. The summed E-state index contributed by atoms with van der Waals surface area (Å²) in [7, 11) is 0. The number of benzene rings is 1. The summed E-state index contributed by atoms with van der Waals surface area (Å²) in [6, 6.07) is 13.1. The van der Waals surface area contributed by atoms with E-state index >= 15 is 0 Å². The van der Waals surface area contributed by atoms with Crippen molar-refractivity contribution in [1.29, 1.82) is 0 Å². The van der Waals surface area contributed by atoms with Crippen LogP contribution in [-0.2, 0) is 6.54 Å². The lowest BCUT2D eigenvalue weighted by Crippen LogP contribution is -2.18. The second-order valence-electron chi connectivity index (χ2n) is 6.08. The van der Waals surface area contributed by atoms with Crippen molar-refractivity contribution in [2.45, 2.75) is 45.7 Å². The van der Waals surface area contributed by atoms with Gasteiger partial charge < -0.3 is 9.73 Å². The lowest BCUT2D eigenvalue weighted by atomic mass is 10.0. The third-order valence-corrected chi connectivity index (χ3v) is 4.39. The number of hydrogen-bond acceptors (Lipinski definition) is 2. The van der Waals surface area contributed by atoms with Crippen LogP contribution in [0.5, 0.6) is 0 Å². The summed E-state index contributed by atoms with van der Waals surface area (Å²) in [5.74, 6) is 3.67. The topological polar surface area (TPSA) is 25.2 Å². The molecule has 0 spiro atoms. The third-order valence-electron chi connectivity index (χ3n) is 4.39. The summed E-state index contributed by atoms with van der Waals surface area (Å²) in [6.07, 6.45) is 1.28. The van der Waals surface area contributed by atoms with Crippen LogP contribution >= 0.6 is 0 Å². The first-order valence-corrected chi connectivity index (χ1v) is 7.52. The highest BCUT2D eigenvalue weighted by atomic mass is 16.3. The molecule has 1 fully saturated rings. The maximum Gasteiger partial charge on any atom is 0.117 e. The Kier molecular flexibility index (Phi) is 3.66. The van der Waals surface area contributed by atoms with Crippen molar-refractivity contribution in [2.24, 2.45) is 5.92 Å². The van der Waals surface area contributed by atoms with E-state index in [0.717, 1.165) is 24.0 Å². The standard InChI is InChI=1S/C18H23NO/c1-12-6-4-5-7-16(12)14(3)19-11-15-8-9-18(20-15)17-10-13(17)2/h4-9,13-14,17,19H,10-11H2,1-3H3/t13?,14-,17?/m0/s1. The van der Waals surface area contributed by atoms with Gasteiger partial charge in [0.2, 0.25) is 0 Å². The van der Waals surface area contributed by atoms with Gasteiger partial charge in [-0.1, -0.05) is 31.2 Å². The van der Waals surface area contributed by atoms with Crippen molar-refractivity contribution in [1.82, 2.24) is 5.32 Å². The molecule has 0 bridgehead atoms. The van der Waals surface area contributed by atoms with Crippen LogP contribution in [0.3, 0.4) is 0 Å². The molecule has 2 unspecified atom stereocenters. The Morgan fingerprint density at radius 1 is 1.25 bits per heavy atom. The summed E-state index contributed by atoms with van der Waals surface area (Å²) < 4.78 is 5.93. The van der Waals surface area contributed by atoms with Gasteiger partial charge >= 0.3 is 0 Å². The average Bonchev–Trinajstić information content (AvgIpc) is 3.00. The van der Waals surface area contributed by atoms with Gasteiger partial charge in [0, 0.05) is 12.0 Å². The van der Waals surface area contributed by atoms with Crippen LogP contribution in [0.25, 0.3) is 0 Å². The Morgan fingerprint density at radius 3 is 2.70 bits per heavy atom. The summed E-state index contributed by atoms with van der Waals surface area (Å²) in [4.78, 5) is 0. The van der Waals surface area contributed by atoms with E-state index in [1.807, 2.05) is 0 Å². The van der Waals surface area contributed by atoms with E-state index in [1.54, 1.807) is 0 Å². The fourth-order valence-corrected chi connectivity index (χ4v) is 2.84. The zero-order chi connectivity index (χ0) is 14.1. The van der Waals surface area contributed by atoms with Crippen LogP contribution < -0.4 is 5.32 Å². The second kappa shape index (κ2) is 5.45. The highest BCUT2D eigenvalue weighted by molar-refractivity contribution is 5.28. The molecule has 1 aromatic carbocycles. The average molecular weight is 269 g/mol. The van der Waals surface area contributed by atoms with E-state index in [9.17, 15) is 0 Å². The molecule has 2 heteroatoms. The summed E-state index contributed by atoms with van der Waals surface area (Å²) in [5, 5.41) is 3.55. The molecular formula is C18H23NO. The zero-order valence-electron chi connectivity index (χ0n) is 12.5. The predicted octanol–water partition coefficient (Wildman–Crippen LogP) is 4.56. The fraction of sp³-hybridized carbons (Fsp3) is 0.444. The third kappa shape index (κ3) is 2.80. The van der Waals surface area contributed by atoms with Crippen LogP contribution in [0, 0.1) is 12.8 Å². The number of furan rings is 1. The predicted molar refractivity (Wildman–Crippen MR) is 81.7 cm³/mol. The Balaban J connectivity index is 1.59. The zero-order valence-corrected chi connectivity index (χ0v) is 12.5. The molecule has 106 valence electrons. The lowest BCUT2D eigenvalue weighted by Gasteiger charge is -2.15. The van der Waals surface area contributed by atoms with Gasteiger partial charge in [0.15, 0.2) is 0 Å². The Bertz CT molecular complexity index is 587. The smallest absolute Gasteiger partial charge is 0.117 e. The maximum atomic E-state index is 5.93. The molecule has 1 aliphatic carbocycles. The van der Waals surface area contributed by atoms with E-state index in [1.165, 1.54) is 17.5 Å². The normalized spacial score (nSPS) is 22.8. The molecule has 3 rings (SSSR count). The second-order valence-corrected chi connectivity index (χ2v) is 6.08. The van der Waals surface area contributed by atoms with Gasteiger partial charge in [-0.2, -0.15) is 0 Å². The minimum absolute atomic E-state index is 0.338. The number of hydrogen-bond donors (Lipinski definition) is 1. The lowest BCUT2D eigenvalue weighted by molar-refractivity contribution is 0.430. The first-order valence-electron chi connectivity index (χ1n) is 7.52. The van der Waals surface area contributed by atoms with E-state index in [2.05, 4.69) is 62.5 Å². The molecular weight excluding hydrogens is 246 g/mol. The van der Waals surface area contributed by atoms with Crippen LogP contribution in [0.1, 0.15) is 54.9 Å². The molecule has 2 aromatic rings. The van der Waals surface area contributed by atoms with Gasteiger partial charge in [0.1, 0.15) is 11.5 Å². The van der Waals surface area contributed by atoms with Crippen LogP contribution in [0.15, 0.2) is 40.8 Å². The van der Waals surface area contributed by atoms with Crippen LogP contribution in [0.2, 0.25) is 0 Å². The van der Waals surface area contributed by atoms with Crippen LogP contribution in [0.4, 0.5) is 0 Å². The van der Waals surface area contributed by atoms with Gasteiger partial charge in [0.25, 0.3) is 0 Å². The quantitative estimate of drug-likeness (QED) is 0.860. The number of aryl methyl sites for hydroxylation is 1. The van der Waals surface area contributed by atoms with Gasteiger partial charge in [-0.15, -0.1) is 0 Å². The minimum atomic E-state index is 0.338. The van der Waals surface area contributed by atoms with E-state index < -0.39 is 0 Å².